The zero-order valence-corrected chi connectivity index (χ0v) is 11.7. The van der Waals surface area contributed by atoms with Crippen molar-refractivity contribution in [1.29, 1.82) is 0 Å². The van der Waals surface area contributed by atoms with Crippen LogP contribution in [0.4, 0.5) is 0 Å². The van der Waals surface area contributed by atoms with Crippen LogP contribution in [0.1, 0.15) is 71.6 Å². The van der Waals surface area contributed by atoms with E-state index in [0.717, 1.165) is 25.9 Å². The minimum atomic E-state index is 0.313. The molecular weight excluding hydrogens is 210 g/mol. The maximum absolute atomic E-state index is 12.4. The molecule has 1 aliphatic heterocycles. The summed E-state index contributed by atoms with van der Waals surface area (Å²) in [5.74, 6) is 0.764. The van der Waals surface area contributed by atoms with Gasteiger partial charge in [0.1, 0.15) is 0 Å². The predicted molar refractivity (Wildman–Crippen MR) is 73.0 cm³/mol. The van der Waals surface area contributed by atoms with Gasteiger partial charge in [0.25, 0.3) is 0 Å². The Bertz CT molecular complexity index is 201. The lowest BCUT2D eigenvalue weighted by Gasteiger charge is -2.30. The molecule has 0 atom stereocenters. The van der Waals surface area contributed by atoms with Gasteiger partial charge in [0.05, 0.1) is 0 Å². The van der Waals surface area contributed by atoms with Gasteiger partial charge in [-0.05, 0) is 32.1 Å². The van der Waals surface area contributed by atoms with E-state index in [2.05, 4.69) is 18.7 Å². The van der Waals surface area contributed by atoms with Crippen molar-refractivity contribution in [3.63, 3.8) is 0 Å². The molecule has 1 amide bonds. The van der Waals surface area contributed by atoms with E-state index in [1.54, 1.807) is 0 Å². The molecule has 1 aliphatic rings. The van der Waals surface area contributed by atoms with Crippen molar-refractivity contribution in [2.24, 2.45) is 5.92 Å². The van der Waals surface area contributed by atoms with E-state index in [1.165, 1.54) is 44.9 Å². The number of piperidine rings is 1. The minimum Gasteiger partial charge on any atom is -0.342 e. The summed E-state index contributed by atoms with van der Waals surface area (Å²) in [6.07, 6.45) is 10.7. The van der Waals surface area contributed by atoms with E-state index in [9.17, 15) is 4.79 Å². The lowest BCUT2D eigenvalue weighted by molar-refractivity contribution is -0.137. The second-order valence-electron chi connectivity index (χ2n) is 5.37. The number of carbonyl (C=O) groups excluding carboxylic acids is 1. The zero-order chi connectivity index (χ0) is 12.5. The molecule has 0 aromatic rings. The van der Waals surface area contributed by atoms with E-state index in [0.29, 0.717) is 11.8 Å². The fraction of sp³-hybridized carbons (Fsp3) is 0.933. The number of hydrogen-bond acceptors (Lipinski definition) is 1. The summed E-state index contributed by atoms with van der Waals surface area (Å²) in [5.41, 5.74) is 0. The molecule has 0 unspecified atom stereocenters. The highest BCUT2D eigenvalue weighted by molar-refractivity contribution is 5.78. The second kappa shape index (κ2) is 8.54. The van der Waals surface area contributed by atoms with Gasteiger partial charge in [0.2, 0.25) is 5.91 Å². The summed E-state index contributed by atoms with van der Waals surface area (Å²) in [4.78, 5) is 14.6. The van der Waals surface area contributed by atoms with Gasteiger partial charge >= 0.3 is 0 Å². The first-order valence-electron chi connectivity index (χ1n) is 7.58. The summed E-state index contributed by atoms with van der Waals surface area (Å²) >= 11 is 0. The number of hydrogen-bond donors (Lipinski definition) is 0. The summed E-state index contributed by atoms with van der Waals surface area (Å²) in [6.45, 7) is 6.44. The predicted octanol–water partition coefficient (Wildman–Crippen LogP) is 4.00. The van der Waals surface area contributed by atoms with Crippen LogP contribution in [-0.2, 0) is 4.79 Å². The third-order valence-electron chi connectivity index (χ3n) is 3.83. The van der Waals surface area contributed by atoms with Gasteiger partial charge in [-0.2, -0.15) is 0 Å². The Labute approximate surface area is 107 Å². The SMILES string of the molecule is CCCCC(CCCC)C(=O)N1CCCCC1. The van der Waals surface area contributed by atoms with Crippen LogP contribution in [0.25, 0.3) is 0 Å². The Hall–Kier alpha value is -0.530. The van der Waals surface area contributed by atoms with Crippen LogP contribution in [-0.4, -0.2) is 23.9 Å². The number of carbonyl (C=O) groups is 1. The lowest BCUT2D eigenvalue weighted by Crippen LogP contribution is -2.39. The topological polar surface area (TPSA) is 20.3 Å². The van der Waals surface area contributed by atoms with Crippen LogP contribution in [0.3, 0.4) is 0 Å². The molecule has 0 aromatic carbocycles. The first-order valence-corrected chi connectivity index (χ1v) is 7.58. The Morgan fingerprint density at radius 3 is 2.00 bits per heavy atom. The molecule has 0 spiro atoms. The highest BCUT2D eigenvalue weighted by atomic mass is 16.2. The molecule has 100 valence electrons. The summed E-state index contributed by atoms with van der Waals surface area (Å²) in [7, 11) is 0. The smallest absolute Gasteiger partial charge is 0.225 e. The van der Waals surface area contributed by atoms with Crippen LogP contribution in [0.2, 0.25) is 0 Å². The van der Waals surface area contributed by atoms with Crippen LogP contribution < -0.4 is 0 Å². The molecule has 0 aliphatic carbocycles. The van der Waals surface area contributed by atoms with Crippen molar-refractivity contribution in [2.75, 3.05) is 13.1 Å². The highest BCUT2D eigenvalue weighted by Gasteiger charge is 2.24. The Morgan fingerprint density at radius 2 is 1.53 bits per heavy atom. The fourth-order valence-electron chi connectivity index (χ4n) is 2.66. The van der Waals surface area contributed by atoms with Gasteiger partial charge in [-0.15, -0.1) is 0 Å². The summed E-state index contributed by atoms with van der Waals surface area (Å²) in [5, 5.41) is 0. The van der Waals surface area contributed by atoms with Gasteiger partial charge in [0, 0.05) is 19.0 Å². The van der Waals surface area contributed by atoms with Crippen LogP contribution >= 0.6 is 0 Å². The maximum Gasteiger partial charge on any atom is 0.225 e. The minimum absolute atomic E-state index is 0.313. The number of unbranched alkanes of at least 4 members (excludes halogenated alkanes) is 2. The number of nitrogens with zero attached hydrogens (tertiary/aromatic N) is 1. The highest BCUT2D eigenvalue weighted by Crippen LogP contribution is 2.21. The fourth-order valence-corrected chi connectivity index (χ4v) is 2.66. The van der Waals surface area contributed by atoms with E-state index in [-0.39, 0.29) is 0 Å². The van der Waals surface area contributed by atoms with E-state index in [1.807, 2.05) is 0 Å². The number of amides is 1. The first kappa shape index (κ1) is 14.5. The molecule has 1 heterocycles. The van der Waals surface area contributed by atoms with Gasteiger partial charge < -0.3 is 4.90 Å². The van der Waals surface area contributed by atoms with Crippen molar-refractivity contribution < 1.29 is 4.79 Å². The number of rotatable bonds is 7. The Balaban J connectivity index is 2.44. The average Bonchev–Trinajstić information content (AvgIpc) is 2.39. The van der Waals surface area contributed by atoms with Gasteiger partial charge in [-0.25, -0.2) is 0 Å². The molecule has 1 rings (SSSR count). The zero-order valence-electron chi connectivity index (χ0n) is 11.7. The van der Waals surface area contributed by atoms with Crippen molar-refractivity contribution >= 4 is 5.91 Å². The molecule has 0 bridgehead atoms. The first-order chi connectivity index (χ1) is 8.29. The molecule has 17 heavy (non-hydrogen) atoms. The van der Waals surface area contributed by atoms with Crippen molar-refractivity contribution in [3.05, 3.63) is 0 Å². The lowest BCUT2D eigenvalue weighted by atomic mass is 9.94. The van der Waals surface area contributed by atoms with Crippen molar-refractivity contribution in [2.45, 2.75) is 71.6 Å². The molecule has 0 aromatic heterocycles. The van der Waals surface area contributed by atoms with Crippen molar-refractivity contribution in [1.82, 2.24) is 4.90 Å². The van der Waals surface area contributed by atoms with Gasteiger partial charge in [-0.1, -0.05) is 39.5 Å². The molecule has 2 nitrogen and oxygen atoms in total. The molecule has 0 N–H and O–H groups in total. The van der Waals surface area contributed by atoms with Gasteiger partial charge in [0.15, 0.2) is 0 Å². The molecule has 1 saturated heterocycles. The van der Waals surface area contributed by atoms with Crippen LogP contribution in [0, 0.1) is 5.92 Å². The van der Waals surface area contributed by atoms with E-state index in [4.69, 9.17) is 0 Å². The monoisotopic (exact) mass is 239 g/mol. The Kier molecular flexibility index (Phi) is 7.30. The Morgan fingerprint density at radius 1 is 1.00 bits per heavy atom. The summed E-state index contributed by atoms with van der Waals surface area (Å²) < 4.78 is 0. The number of likely N-dealkylation sites (tertiary alicyclic amines) is 1. The third-order valence-corrected chi connectivity index (χ3v) is 3.83. The normalized spacial score (nSPS) is 16.5. The second-order valence-corrected chi connectivity index (χ2v) is 5.37. The van der Waals surface area contributed by atoms with Gasteiger partial charge in [-0.3, -0.25) is 4.79 Å². The molecule has 2 heteroatoms. The maximum atomic E-state index is 12.4. The van der Waals surface area contributed by atoms with E-state index < -0.39 is 0 Å². The third kappa shape index (κ3) is 5.10. The average molecular weight is 239 g/mol. The van der Waals surface area contributed by atoms with Crippen LogP contribution in [0.5, 0.6) is 0 Å². The van der Waals surface area contributed by atoms with Crippen molar-refractivity contribution in [3.8, 4) is 0 Å². The summed E-state index contributed by atoms with van der Waals surface area (Å²) in [6, 6.07) is 0. The standard InChI is InChI=1S/C15H29NO/c1-3-5-10-14(11-6-4-2)15(17)16-12-8-7-9-13-16/h14H,3-13H2,1-2H3. The molecule has 1 fully saturated rings. The molecule has 0 radical (unpaired) electrons. The molecule has 0 saturated carbocycles. The quantitative estimate of drug-likeness (QED) is 0.657. The van der Waals surface area contributed by atoms with E-state index >= 15 is 0 Å². The van der Waals surface area contributed by atoms with Crippen LogP contribution in [0.15, 0.2) is 0 Å². The molecular formula is C15H29NO. The largest absolute Gasteiger partial charge is 0.342 e.